The monoisotopic (exact) mass is 447 g/mol. The standard InChI is InChI=1S/C25H29N5O3/c1-16(2)17-9-11-18(12-10-17)30-24(32)21(29-25(30)33)13-14-23(31)26-15-5-8-22-27-19-6-3-4-7-20(19)28-22/h3-4,6-7,9-12,16,21H,5,8,13-15H2,1-2H3,(H,26,31)(H,27,28)(H,29,33). The van der Waals surface area contributed by atoms with Crippen LogP contribution in [0.3, 0.4) is 0 Å². The summed E-state index contributed by atoms with van der Waals surface area (Å²) >= 11 is 0. The minimum atomic E-state index is -0.691. The van der Waals surface area contributed by atoms with Crippen molar-refractivity contribution in [3.05, 3.63) is 59.9 Å². The van der Waals surface area contributed by atoms with Crippen LogP contribution in [0, 0.1) is 0 Å². The fourth-order valence-corrected chi connectivity index (χ4v) is 3.95. The van der Waals surface area contributed by atoms with E-state index in [-0.39, 0.29) is 24.7 Å². The fraction of sp³-hybridized carbons (Fsp3) is 0.360. The van der Waals surface area contributed by atoms with Gasteiger partial charge in [-0.15, -0.1) is 0 Å². The normalized spacial score (nSPS) is 16.0. The molecule has 2 heterocycles. The third-order valence-corrected chi connectivity index (χ3v) is 5.85. The van der Waals surface area contributed by atoms with Crippen LogP contribution in [0.25, 0.3) is 11.0 Å². The number of aromatic amines is 1. The Morgan fingerprint density at radius 2 is 1.88 bits per heavy atom. The number of aryl methyl sites for hydroxylation is 1. The largest absolute Gasteiger partial charge is 0.356 e. The molecule has 1 saturated heterocycles. The Morgan fingerprint density at radius 1 is 1.12 bits per heavy atom. The summed E-state index contributed by atoms with van der Waals surface area (Å²) in [4.78, 5) is 46.3. The molecule has 0 aliphatic carbocycles. The molecule has 3 aromatic rings. The number of amides is 4. The smallest absolute Gasteiger partial charge is 0.329 e. The third kappa shape index (κ3) is 5.22. The van der Waals surface area contributed by atoms with Gasteiger partial charge in [-0.1, -0.05) is 38.1 Å². The van der Waals surface area contributed by atoms with Crippen LogP contribution < -0.4 is 15.5 Å². The average Bonchev–Trinajstić information content (AvgIpc) is 3.35. The molecule has 8 heteroatoms. The number of urea groups is 1. The summed E-state index contributed by atoms with van der Waals surface area (Å²) in [5.74, 6) is 0.801. The number of benzene rings is 2. The number of hydrogen-bond acceptors (Lipinski definition) is 4. The minimum Gasteiger partial charge on any atom is -0.356 e. The molecule has 4 rings (SSSR count). The molecule has 0 saturated carbocycles. The highest BCUT2D eigenvalue weighted by molar-refractivity contribution is 6.21. The highest BCUT2D eigenvalue weighted by atomic mass is 16.2. The van der Waals surface area contributed by atoms with Crippen LogP contribution in [0.1, 0.15) is 50.4 Å². The van der Waals surface area contributed by atoms with Gasteiger partial charge in [0.15, 0.2) is 0 Å². The number of imidazole rings is 1. The quantitative estimate of drug-likeness (QED) is 0.344. The van der Waals surface area contributed by atoms with Crippen molar-refractivity contribution in [1.82, 2.24) is 20.6 Å². The van der Waals surface area contributed by atoms with Gasteiger partial charge in [-0.05, 0) is 48.6 Å². The summed E-state index contributed by atoms with van der Waals surface area (Å²) in [7, 11) is 0. The summed E-state index contributed by atoms with van der Waals surface area (Å²) in [5, 5.41) is 5.57. The van der Waals surface area contributed by atoms with E-state index in [1.54, 1.807) is 12.1 Å². The molecular weight excluding hydrogens is 418 g/mol. The molecule has 1 aliphatic rings. The first-order valence-corrected chi connectivity index (χ1v) is 11.4. The fourth-order valence-electron chi connectivity index (χ4n) is 3.95. The van der Waals surface area contributed by atoms with Crippen molar-refractivity contribution >= 4 is 34.6 Å². The molecule has 1 fully saturated rings. The highest BCUT2D eigenvalue weighted by Crippen LogP contribution is 2.24. The number of rotatable bonds is 9. The number of aromatic nitrogens is 2. The Balaban J connectivity index is 1.21. The molecule has 1 aromatic heterocycles. The van der Waals surface area contributed by atoms with Crippen molar-refractivity contribution in [3.63, 3.8) is 0 Å². The Hall–Kier alpha value is -3.68. The summed E-state index contributed by atoms with van der Waals surface area (Å²) in [6.07, 6.45) is 1.92. The lowest BCUT2D eigenvalue weighted by atomic mass is 10.0. The van der Waals surface area contributed by atoms with Gasteiger partial charge < -0.3 is 15.6 Å². The topological polar surface area (TPSA) is 107 Å². The van der Waals surface area contributed by atoms with Crippen molar-refractivity contribution in [2.45, 2.75) is 51.5 Å². The molecular formula is C25H29N5O3. The van der Waals surface area contributed by atoms with E-state index < -0.39 is 12.1 Å². The van der Waals surface area contributed by atoms with Gasteiger partial charge >= 0.3 is 6.03 Å². The van der Waals surface area contributed by atoms with Crippen molar-refractivity contribution in [2.24, 2.45) is 0 Å². The van der Waals surface area contributed by atoms with Crippen LogP contribution in [0.5, 0.6) is 0 Å². The molecule has 4 amide bonds. The van der Waals surface area contributed by atoms with Gasteiger partial charge in [-0.2, -0.15) is 0 Å². The van der Waals surface area contributed by atoms with Crippen LogP contribution in [0.4, 0.5) is 10.5 Å². The minimum absolute atomic E-state index is 0.138. The predicted molar refractivity (Wildman–Crippen MR) is 127 cm³/mol. The van der Waals surface area contributed by atoms with Gasteiger partial charge in [0, 0.05) is 19.4 Å². The second-order valence-corrected chi connectivity index (χ2v) is 8.61. The molecule has 2 aromatic carbocycles. The van der Waals surface area contributed by atoms with E-state index in [2.05, 4.69) is 34.4 Å². The SMILES string of the molecule is CC(C)c1ccc(N2C(=O)NC(CCC(=O)NCCCc3nc4ccccc4[nH]3)C2=O)cc1. The van der Waals surface area contributed by atoms with Gasteiger partial charge in [0.25, 0.3) is 5.91 Å². The number of hydrogen-bond donors (Lipinski definition) is 3. The maximum absolute atomic E-state index is 12.7. The lowest BCUT2D eigenvalue weighted by molar-refractivity contribution is -0.121. The van der Waals surface area contributed by atoms with Gasteiger partial charge in [0.05, 0.1) is 16.7 Å². The Kier molecular flexibility index (Phi) is 6.72. The zero-order valence-electron chi connectivity index (χ0n) is 18.9. The summed E-state index contributed by atoms with van der Waals surface area (Å²) < 4.78 is 0. The summed E-state index contributed by atoms with van der Waals surface area (Å²) in [5.41, 5.74) is 3.62. The van der Waals surface area contributed by atoms with Crippen LogP contribution in [0.15, 0.2) is 48.5 Å². The number of fused-ring (bicyclic) bond motifs is 1. The van der Waals surface area contributed by atoms with Crippen LogP contribution in [-0.4, -0.2) is 40.4 Å². The van der Waals surface area contributed by atoms with Crippen LogP contribution in [0.2, 0.25) is 0 Å². The van der Waals surface area contributed by atoms with Crippen molar-refractivity contribution in [1.29, 1.82) is 0 Å². The number of para-hydroxylation sites is 2. The molecule has 33 heavy (non-hydrogen) atoms. The lowest BCUT2D eigenvalue weighted by Crippen LogP contribution is -2.33. The number of carbonyl (C=O) groups excluding carboxylic acids is 3. The maximum Gasteiger partial charge on any atom is 0.329 e. The number of nitrogens with one attached hydrogen (secondary N) is 3. The van der Waals surface area contributed by atoms with Gasteiger partial charge in [0.1, 0.15) is 11.9 Å². The van der Waals surface area contributed by atoms with Gasteiger partial charge in [-0.25, -0.2) is 14.7 Å². The van der Waals surface area contributed by atoms with Crippen molar-refractivity contribution in [2.75, 3.05) is 11.4 Å². The first-order chi connectivity index (χ1) is 15.9. The molecule has 1 aliphatic heterocycles. The second kappa shape index (κ2) is 9.85. The first-order valence-electron chi connectivity index (χ1n) is 11.4. The van der Waals surface area contributed by atoms with Crippen molar-refractivity contribution in [3.8, 4) is 0 Å². The Labute approximate surface area is 192 Å². The first kappa shape index (κ1) is 22.5. The third-order valence-electron chi connectivity index (χ3n) is 5.85. The lowest BCUT2D eigenvalue weighted by Gasteiger charge is -2.14. The number of anilines is 1. The van der Waals surface area contributed by atoms with Crippen molar-refractivity contribution < 1.29 is 14.4 Å². The second-order valence-electron chi connectivity index (χ2n) is 8.61. The Bertz CT molecular complexity index is 1120. The van der Waals surface area contributed by atoms with E-state index in [9.17, 15) is 14.4 Å². The number of imide groups is 1. The predicted octanol–water partition coefficient (Wildman–Crippen LogP) is 3.64. The molecule has 172 valence electrons. The summed E-state index contributed by atoms with van der Waals surface area (Å²) in [6, 6.07) is 14.1. The van der Waals surface area contributed by atoms with E-state index in [0.29, 0.717) is 18.2 Å². The van der Waals surface area contributed by atoms with E-state index in [0.717, 1.165) is 40.2 Å². The maximum atomic E-state index is 12.7. The number of carbonyl (C=O) groups is 3. The van der Waals surface area contributed by atoms with E-state index in [4.69, 9.17) is 0 Å². The van der Waals surface area contributed by atoms with E-state index >= 15 is 0 Å². The van der Waals surface area contributed by atoms with E-state index in [1.807, 2.05) is 36.4 Å². The molecule has 1 unspecified atom stereocenters. The molecule has 0 bridgehead atoms. The zero-order valence-corrected chi connectivity index (χ0v) is 18.9. The molecule has 3 N–H and O–H groups in total. The molecule has 0 radical (unpaired) electrons. The number of H-pyrrole nitrogens is 1. The molecule has 8 nitrogen and oxygen atoms in total. The van der Waals surface area contributed by atoms with Crippen LogP contribution in [-0.2, 0) is 16.0 Å². The zero-order chi connectivity index (χ0) is 23.4. The average molecular weight is 448 g/mol. The molecule has 0 spiro atoms. The van der Waals surface area contributed by atoms with Gasteiger partial charge in [-0.3, -0.25) is 9.59 Å². The van der Waals surface area contributed by atoms with Crippen LogP contribution >= 0.6 is 0 Å². The summed E-state index contributed by atoms with van der Waals surface area (Å²) in [6.45, 7) is 4.69. The Morgan fingerprint density at radius 3 is 2.61 bits per heavy atom. The number of nitrogens with zero attached hydrogens (tertiary/aromatic N) is 2. The van der Waals surface area contributed by atoms with E-state index in [1.165, 1.54) is 0 Å². The van der Waals surface area contributed by atoms with Gasteiger partial charge in [0.2, 0.25) is 5.91 Å². The molecule has 1 atom stereocenters. The highest BCUT2D eigenvalue weighted by Gasteiger charge is 2.38.